The van der Waals surface area contributed by atoms with Gasteiger partial charge in [0.1, 0.15) is 5.82 Å². The molecule has 0 unspecified atom stereocenters. The summed E-state index contributed by atoms with van der Waals surface area (Å²) in [5.41, 5.74) is 0.642. The molecule has 3 nitrogen and oxygen atoms in total. The number of hydrogen-bond donors (Lipinski definition) is 2. The van der Waals surface area contributed by atoms with Crippen LogP contribution in [0.3, 0.4) is 0 Å². The monoisotopic (exact) mass is 270 g/mol. The van der Waals surface area contributed by atoms with Gasteiger partial charge in [-0.3, -0.25) is 4.79 Å². The molecule has 0 saturated heterocycles. The first kappa shape index (κ1) is 13.1. The number of carbonyl (C=O) groups excluding carboxylic acids is 1. The van der Waals surface area contributed by atoms with E-state index < -0.39 is 5.82 Å². The molecular weight excluding hydrogens is 255 g/mol. The third-order valence-electron chi connectivity index (χ3n) is 3.09. The zero-order chi connectivity index (χ0) is 13.0. The molecule has 1 amide bonds. The summed E-state index contributed by atoms with van der Waals surface area (Å²) in [5.74, 6) is -0.500. The third-order valence-corrected chi connectivity index (χ3v) is 3.38. The van der Waals surface area contributed by atoms with Gasteiger partial charge in [0, 0.05) is 11.7 Å². The lowest BCUT2D eigenvalue weighted by molar-refractivity contribution is -0.120. The van der Waals surface area contributed by atoms with Gasteiger partial charge in [0.15, 0.2) is 0 Å². The molecule has 1 fully saturated rings. The van der Waals surface area contributed by atoms with E-state index in [9.17, 15) is 9.18 Å². The van der Waals surface area contributed by atoms with Crippen molar-refractivity contribution in [1.29, 1.82) is 0 Å². The van der Waals surface area contributed by atoms with Crippen molar-refractivity contribution >= 4 is 23.2 Å². The van der Waals surface area contributed by atoms with Crippen LogP contribution in [0.4, 0.5) is 10.1 Å². The maximum atomic E-state index is 12.9. The Kier molecular flexibility index (Phi) is 4.42. The van der Waals surface area contributed by atoms with Crippen LogP contribution in [0.5, 0.6) is 0 Å². The minimum Gasteiger partial charge on any atom is -0.376 e. The van der Waals surface area contributed by atoms with Gasteiger partial charge in [-0.05, 0) is 31.0 Å². The molecule has 1 aliphatic carbocycles. The van der Waals surface area contributed by atoms with E-state index in [4.69, 9.17) is 11.6 Å². The molecule has 0 radical (unpaired) electrons. The molecule has 98 valence electrons. The van der Waals surface area contributed by atoms with E-state index in [0.717, 1.165) is 12.8 Å². The maximum Gasteiger partial charge on any atom is 0.239 e. The molecule has 1 aliphatic rings. The second kappa shape index (κ2) is 6.05. The van der Waals surface area contributed by atoms with Crippen LogP contribution in [0.25, 0.3) is 0 Å². The van der Waals surface area contributed by atoms with Crippen LogP contribution < -0.4 is 10.6 Å². The SMILES string of the molecule is O=C(CNc1ccc(F)c(Cl)c1)NC1CCCC1. The Hall–Kier alpha value is -1.29. The fraction of sp³-hybridized carbons (Fsp3) is 0.462. The zero-order valence-corrected chi connectivity index (χ0v) is 10.8. The van der Waals surface area contributed by atoms with E-state index in [1.807, 2.05) is 0 Å². The topological polar surface area (TPSA) is 41.1 Å². The van der Waals surface area contributed by atoms with Crippen molar-refractivity contribution in [1.82, 2.24) is 5.32 Å². The Morgan fingerprint density at radius 1 is 1.39 bits per heavy atom. The van der Waals surface area contributed by atoms with Gasteiger partial charge in [0.2, 0.25) is 5.91 Å². The van der Waals surface area contributed by atoms with Crippen LogP contribution in [0.15, 0.2) is 18.2 Å². The second-order valence-electron chi connectivity index (χ2n) is 4.53. The lowest BCUT2D eigenvalue weighted by atomic mass is 10.2. The van der Waals surface area contributed by atoms with Crippen molar-refractivity contribution in [2.75, 3.05) is 11.9 Å². The Morgan fingerprint density at radius 2 is 2.11 bits per heavy atom. The smallest absolute Gasteiger partial charge is 0.239 e. The van der Waals surface area contributed by atoms with Gasteiger partial charge >= 0.3 is 0 Å². The first-order valence-corrected chi connectivity index (χ1v) is 6.51. The normalized spacial score (nSPS) is 15.7. The van der Waals surface area contributed by atoms with Crippen LogP contribution in [-0.2, 0) is 4.79 Å². The molecule has 0 atom stereocenters. The summed E-state index contributed by atoms with van der Waals surface area (Å²) in [7, 11) is 0. The highest BCUT2D eigenvalue weighted by Crippen LogP contribution is 2.19. The molecule has 0 aromatic heterocycles. The van der Waals surface area contributed by atoms with E-state index in [1.54, 1.807) is 6.07 Å². The Bertz CT molecular complexity index is 433. The van der Waals surface area contributed by atoms with Crippen molar-refractivity contribution in [3.63, 3.8) is 0 Å². The molecular formula is C13H16ClFN2O. The number of benzene rings is 1. The van der Waals surface area contributed by atoms with Gasteiger partial charge in [-0.15, -0.1) is 0 Å². The molecule has 2 N–H and O–H groups in total. The number of halogens is 2. The van der Waals surface area contributed by atoms with Crippen molar-refractivity contribution in [2.45, 2.75) is 31.7 Å². The van der Waals surface area contributed by atoms with Gasteiger partial charge < -0.3 is 10.6 Å². The molecule has 5 heteroatoms. The number of hydrogen-bond acceptors (Lipinski definition) is 2. The molecule has 0 heterocycles. The van der Waals surface area contributed by atoms with Crippen LogP contribution in [-0.4, -0.2) is 18.5 Å². The third kappa shape index (κ3) is 3.60. The first-order valence-electron chi connectivity index (χ1n) is 6.13. The van der Waals surface area contributed by atoms with Crippen molar-refractivity contribution in [3.05, 3.63) is 29.0 Å². The van der Waals surface area contributed by atoms with Crippen LogP contribution in [0.1, 0.15) is 25.7 Å². The van der Waals surface area contributed by atoms with Gasteiger partial charge in [0.25, 0.3) is 0 Å². The molecule has 1 aromatic rings. The number of anilines is 1. The van der Waals surface area contributed by atoms with E-state index in [-0.39, 0.29) is 17.5 Å². The zero-order valence-electron chi connectivity index (χ0n) is 10.0. The van der Waals surface area contributed by atoms with Crippen LogP contribution in [0.2, 0.25) is 5.02 Å². The van der Waals surface area contributed by atoms with E-state index >= 15 is 0 Å². The Balaban J connectivity index is 1.79. The molecule has 2 rings (SSSR count). The maximum absolute atomic E-state index is 12.9. The fourth-order valence-electron chi connectivity index (χ4n) is 2.14. The van der Waals surface area contributed by atoms with Gasteiger partial charge in [0.05, 0.1) is 11.6 Å². The number of rotatable bonds is 4. The fourth-order valence-corrected chi connectivity index (χ4v) is 2.32. The molecule has 0 spiro atoms. The summed E-state index contributed by atoms with van der Waals surface area (Å²) in [6, 6.07) is 4.62. The van der Waals surface area contributed by atoms with E-state index in [2.05, 4.69) is 10.6 Å². The van der Waals surface area contributed by atoms with Crippen molar-refractivity contribution in [2.24, 2.45) is 0 Å². The average molecular weight is 271 g/mol. The summed E-state index contributed by atoms with van der Waals surface area (Å²) in [6.07, 6.45) is 4.50. The van der Waals surface area contributed by atoms with Gasteiger partial charge in [-0.2, -0.15) is 0 Å². The summed E-state index contributed by atoms with van der Waals surface area (Å²) < 4.78 is 12.9. The highest BCUT2D eigenvalue weighted by molar-refractivity contribution is 6.31. The van der Waals surface area contributed by atoms with Crippen LogP contribution >= 0.6 is 11.6 Å². The predicted octanol–water partition coefficient (Wildman–Crippen LogP) is 2.95. The molecule has 1 aromatic carbocycles. The predicted molar refractivity (Wildman–Crippen MR) is 70.3 cm³/mol. The lowest BCUT2D eigenvalue weighted by Crippen LogP contribution is -2.36. The standard InChI is InChI=1S/C13H16ClFN2O/c14-11-7-10(5-6-12(11)15)16-8-13(18)17-9-3-1-2-4-9/h5-7,9,16H,1-4,8H2,(H,17,18). The quantitative estimate of drug-likeness (QED) is 0.883. The molecule has 18 heavy (non-hydrogen) atoms. The first-order chi connectivity index (χ1) is 8.65. The summed E-state index contributed by atoms with van der Waals surface area (Å²) in [4.78, 5) is 11.6. The summed E-state index contributed by atoms with van der Waals surface area (Å²) in [5, 5.41) is 5.94. The van der Waals surface area contributed by atoms with Gasteiger partial charge in [-0.1, -0.05) is 24.4 Å². The minimum absolute atomic E-state index is 0.0395. The Morgan fingerprint density at radius 3 is 2.78 bits per heavy atom. The minimum atomic E-state index is -0.461. The number of amides is 1. The van der Waals surface area contributed by atoms with E-state index in [0.29, 0.717) is 11.7 Å². The van der Waals surface area contributed by atoms with Gasteiger partial charge in [-0.25, -0.2) is 4.39 Å². The van der Waals surface area contributed by atoms with Crippen molar-refractivity contribution in [3.8, 4) is 0 Å². The summed E-state index contributed by atoms with van der Waals surface area (Å²) >= 11 is 5.65. The molecule has 1 saturated carbocycles. The largest absolute Gasteiger partial charge is 0.376 e. The Labute approximate surface area is 111 Å². The molecule has 0 aliphatic heterocycles. The number of carbonyl (C=O) groups is 1. The molecule has 0 bridgehead atoms. The highest BCUT2D eigenvalue weighted by atomic mass is 35.5. The summed E-state index contributed by atoms with van der Waals surface area (Å²) in [6.45, 7) is 0.179. The lowest BCUT2D eigenvalue weighted by Gasteiger charge is -2.13. The van der Waals surface area contributed by atoms with Crippen molar-refractivity contribution < 1.29 is 9.18 Å². The average Bonchev–Trinajstić information content (AvgIpc) is 2.83. The number of nitrogens with one attached hydrogen (secondary N) is 2. The van der Waals surface area contributed by atoms with E-state index in [1.165, 1.54) is 25.0 Å². The van der Waals surface area contributed by atoms with Crippen LogP contribution in [0, 0.1) is 5.82 Å². The highest BCUT2D eigenvalue weighted by Gasteiger charge is 2.16. The second-order valence-corrected chi connectivity index (χ2v) is 4.94.